The first kappa shape index (κ1) is 15.2. The molecule has 0 saturated heterocycles. The monoisotopic (exact) mass is 352 g/mol. The Kier molecular flexibility index (Phi) is 5.31. The molecule has 20 heavy (non-hydrogen) atoms. The molecule has 1 aromatic carbocycles. The first-order chi connectivity index (χ1) is 9.63. The Bertz CT molecular complexity index is 597. The van der Waals surface area contributed by atoms with Gasteiger partial charge >= 0.3 is 0 Å². The molecule has 2 aromatic rings. The van der Waals surface area contributed by atoms with Crippen LogP contribution in [-0.4, -0.2) is 18.3 Å². The Morgan fingerprint density at radius 1 is 1.45 bits per heavy atom. The quantitative estimate of drug-likeness (QED) is 0.726. The van der Waals surface area contributed by atoms with E-state index >= 15 is 0 Å². The highest BCUT2D eigenvalue weighted by Crippen LogP contribution is 2.26. The molecule has 0 radical (unpaired) electrons. The molecule has 0 aliphatic carbocycles. The number of hydrogen-bond acceptors (Lipinski definition) is 4. The van der Waals surface area contributed by atoms with Crippen LogP contribution in [0.15, 0.2) is 28.7 Å². The van der Waals surface area contributed by atoms with Crippen molar-refractivity contribution in [2.24, 2.45) is 0 Å². The number of carbonyl (C=O) groups is 1. The summed E-state index contributed by atoms with van der Waals surface area (Å²) in [6, 6.07) is 8.21. The minimum Gasteiger partial charge on any atom is -0.347 e. The highest BCUT2D eigenvalue weighted by atomic mass is 79.9. The predicted molar refractivity (Wildman–Crippen MR) is 87.7 cm³/mol. The molecule has 0 aliphatic heterocycles. The van der Waals surface area contributed by atoms with Crippen LogP contribution in [-0.2, 0) is 13.0 Å². The Hall–Kier alpha value is -1.20. The summed E-state index contributed by atoms with van der Waals surface area (Å²) in [6.45, 7) is 2.87. The van der Waals surface area contributed by atoms with Gasteiger partial charge in [-0.1, -0.05) is 52.7 Å². The van der Waals surface area contributed by atoms with Crippen LogP contribution in [0.3, 0.4) is 0 Å². The molecular formula is C15H17BrN2OS. The van der Waals surface area contributed by atoms with Crippen molar-refractivity contribution in [3.63, 3.8) is 0 Å². The summed E-state index contributed by atoms with van der Waals surface area (Å²) in [4.78, 5) is 18.5. The molecule has 1 aromatic heterocycles. The van der Waals surface area contributed by atoms with E-state index in [0.29, 0.717) is 0 Å². The van der Waals surface area contributed by atoms with Gasteiger partial charge in [-0.25, -0.2) is 4.98 Å². The number of aldehydes is 1. The lowest BCUT2D eigenvalue weighted by molar-refractivity contribution is 0.112. The number of rotatable bonds is 6. The molecule has 0 bridgehead atoms. The molecule has 2 rings (SSSR count). The van der Waals surface area contributed by atoms with E-state index in [1.807, 2.05) is 19.2 Å². The zero-order chi connectivity index (χ0) is 14.5. The molecule has 1 heterocycles. The number of aryl methyl sites for hydroxylation is 1. The third kappa shape index (κ3) is 3.67. The fourth-order valence-corrected chi connectivity index (χ4v) is 3.33. The SMILES string of the molecule is CCCc1nc(N(C)Cc2cccc(Br)c2)sc1C=O. The number of carbonyl (C=O) groups excluding carboxylic acids is 1. The van der Waals surface area contributed by atoms with Crippen molar-refractivity contribution in [3.8, 4) is 0 Å². The number of anilines is 1. The lowest BCUT2D eigenvalue weighted by atomic mass is 10.2. The number of aromatic nitrogens is 1. The van der Waals surface area contributed by atoms with Crippen LogP contribution in [0.2, 0.25) is 0 Å². The second-order valence-corrected chi connectivity index (χ2v) is 6.59. The van der Waals surface area contributed by atoms with Crippen molar-refractivity contribution in [2.75, 3.05) is 11.9 Å². The summed E-state index contributed by atoms with van der Waals surface area (Å²) in [7, 11) is 2.00. The van der Waals surface area contributed by atoms with E-state index in [1.165, 1.54) is 16.9 Å². The molecular weight excluding hydrogens is 336 g/mol. The second-order valence-electron chi connectivity index (χ2n) is 4.66. The largest absolute Gasteiger partial charge is 0.347 e. The van der Waals surface area contributed by atoms with Crippen molar-refractivity contribution in [1.82, 2.24) is 4.98 Å². The lowest BCUT2D eigenvalue weighted by Gasteiger charge is -2.15. The summed E-state index contributed by atoms with van der Waals surface area (Å²) < 4.78 is 1.07. The Morgan fingerprint density at radius 3 is 2.90 bits per heavy atom. The first-order valence-electron chi connectivity index (χ1n) is 6.54. The van der Waals surface area contributed by atoms with Gasteiger partial charge in [0.1, 0.15) is 0 Å². The maximum atomic E-state index is 11.1. The summed E-state index contributed by atoms with van der Waals surface area (Å²) in [6.07, 6.45) is 2.77. The van der Waals surface area contributed by atoms with Gasteiger partial charge in [-0.05, 0) is 24.1 Å². The van der Waals surface area contributed by atoms with Gasteiger partial charge in [0.2, 0.25) is 0 Å². The fourth-order valence-electron chi connectivity index (χ4n) is 2.00. The normalized spacial score (nSPS) is 10.6. The van der Waals surface area contributed by atoms with Gasteiger partial charge in [0, 0.05) is 18.1 Å². The van der Waals surface area contributed by atoms with E-state index in [-0.39, 0.29) is 0 Å². The summed E-state index contributed by atoms with van der Waals surface area (Å²) in [5.41, 5.74) is 2.13. The van der Waals surface area contributed by atoms with Gasteiger partial charge in [0.05, 0.1) is 10.6 Å². The molecule has 0 fully saturated rings. The van der Waals surface area contributed by atoms with Crippen LogP contribution in [0, 0.1) is 0 Å². The predicted octanol–water partition coefficient (Wildman–Crippen LogP) is 4.31. The molecule has 0 amide bonds. The minimum atomic E-state index is 0.753. The van der Waals surface area contributed by atoms with Crippen LogP contribution in [0.5, 0.6) is 0 Å². The minimum absolute atomic E-state index is 0.753. The number of nitrogens with zero attached hydrogens (tertiary/aromatic N) is 2. The lowest BCUT2D eigenvalue weighted by Crippen LogP contribution is -2.16. The van der Waals surface area contributed by atoms with Gasteiger partial charge in [-0.2, -0.15) is 0 Å². The molecule has 0 aliphatic rings. The van der Waals surface area contributed by atoms with E-state index in [0.717, 1.165) is 45.8 Å². The fraction of sp³-hybridized carbons (Fsp3) is 0.333. The molecule has 106 valence electrons. The van der Waals surface area contributed by atoms with Crippen molar-refractivity contribution in [1.29, 1.82) is 0 Å². The molecule has 0 atom stereocenters. The molecule has 5 heteroatoms. The van der Waals surface area contributed by atoms with Crippen molar-refractivity contribution < 1.29 is 4.79 Å². The smallest absolute Gasteiger partial charge is 0.186 e. The molecule has 0 spiro atoms. The molecule has 0 saturated carbocycles. The van der Waals surface area contributed by atoms with E-state index in [2.05, 4.69) is 44.9 Å². The summed E-state index contributed by atoms with van der Waals surface area (Å²) in [5.74, 6) is 0. The van der Waals surface area contributed by atoms with E-state index in [1.54, 1.807) is 0 Å². The highest BCUT2D eigenvalue weighted by Gasteiger charge is 2.13. The van der Waals surface area contributed by atoms with Crippen LogP contribution in [0.25, 0.3) is 0 Å². The second kappa shape index (κ2) is 6.99. The molecule has 0 N–H and O–H groups in total. The maximum Gasteiger partial charge on any atom is 0.186 e. The highest BCUT2D eigenvalue weighted by molar-refractivity contribution is 9.10. The van der Waals surface area contributed by atoms with E-state index in [4.69, 9.17) is 0 Å². The van der Waals surface area contributed by atoms with Crippen molar-refractivity contribution >= 4 is 38.7 Å². The van der Waals surface area contributed by atoms with E-state index < -0.39 is 0 Å². The van der Waals surface area contributed by atoms with Crippen molar-refractivity contribution in [3.05, 3.63) is 44.9 Å². The zero-order valence-electron chi connectivity index (χ0n) is 11.6. The van der Waals surface area contributed by atoms with E-state index in [9.17, 15) is 4.79 Å². The Labute approximate surface area is 131 Å². The summed E-state index contributed by atoms with van der Waals surface area (Å²) in [5, 5.41) is 0.899. The molecule has 0 unspecified atom stereocenters. The van der Waals surface area contributed by atoms with Crippen LogP contribution in [0.4, 0.5) is 5.13 Å². The number of thiazole rings is 1. The zero-order valence-corrected chi connectivity index (χ0v) is 14.0. The van der Waals surface area contributed by atoms with Gasteiger partial charge < -0.3 is 4.90 Å². The average molecular weight is 353 g/mol. The summed E-state index contributed by atoms with van der Waals surface area (Å²) >= 11 is 4.94. The van der Waals surface area contributed by atoms with Gasteiger partial charge in [0.25, 0.3) is 0 Å². The topological polar surface area (TPSA) is 33.2 Å². The number of halogens is 1. The average Bonchev–Trinajstić information content (AvgIpc) is 2.82. The Balaban J connectivity index is 2.16. The van der Waals surface area contributed by atoms with Crippen LogP contribution < -0.4 is 4.90 Å². The maximum absolute atomic E-state index is 11.1. The van der Waals surface area contributed by atoms with Gasteiger partial charge in [-0.15, -0.1) is 0 Å². The first-order valence-corrected chi connectivity index (χ1v) is 8.15. The van der Waals surface area contributed by atoms with Crippen LogP contribution in [0.1, 0.15) is 34.3 Å². The van der Waals surface area contributed by atoms with Crippen LogP contribution >= 0.6 is 27.3 Å². The Morgan fingerprint density at radius 2 is 2.25 bits per heavy atom. The number of hydrogen-bond donors (Lipinski definition) is 0. The number of benzene rings is 1. The third-order valence-corrected chi connectivity index (χ3v) is 4.58. The van der Waals surface area contributed by atoms with Gasteiger partial charge in [-0.3, -0.25) is 4.79 Å². The third-order valence-electron chi connectivity index (χ3n) is 2.95. The molecule has 3 nitrogen and oxygen atoms in total. The van der Waals surface area contributed by atoms with Crippen molar-refractivity contribution in [2.45, 2.75) is 26.3 Å². The standard InChI is InChI=1S/C15H17BrN2OS/c1-3-5-13-14(10-19)20-15(17-13)18(2)9-11-6-4-7-12(16)8-11/h4,6-8,10H,3,5,9H2,1-2H3. The van der Waals surface area contributed by atoms with Gasteiger partial charge in [0.15, 0.2) is 11.4 Å².